The van der Waals surface area contributed by atoms with Crippen LogP contribution < -0.4 is 10.1 Å². The van der Waals surface area contributed by atoms with Crippen LogP contribution in [0.15, 0.2) is 52.9 Å². The van der Waals surface area contributed by atoms with Crippen molar-refractivity contribution in [2.24, 2.45) is 0 Å². The molecule has 7 heteroatoms. The third-order valence-electron chi connectivity index (χ3n) is 3.35. The van der Waals surface area contributed by atoms with Gasteiger partial charge < -0.3 is 14.5 Å². The van der Waals surface area contributed by atoms with Crippen molar-refractivity contribution in [2.45, 2.75) is 6.54 Å². The van der Waals surface area contributed by atoms with Crippen LogP contribution in [0.4, 0.5) is 0 Å². The molecule has 6 nitrogen and oxygen atoms in total. The molecule has 0 atom stereocenters. The minimum Gasteiger partial charge on any atom is -0.496 e. The number of hydrogen-bond acceptors (Lipinski definition) is 5. The van der Waals surface area contributed by atoms with Gasteiger partial charge in [-0.3, -0.25) is 4.79 Å². The van der Waals surface area contributed by atoms with Gasteiger partial charge in [-0.25, -0.2) is 0 Å². The molecular formula is C17H14ClN3O3. The van der Waals surface area contributed by atoms with E-state index < -0.39 is 5.91 Å². The van der Waals surface area contributed by atoms with Gasteiger partial charge >= 0.3 is 11.8 Å². The average Bonchev–Trinajstić information content (AvgIpc) is 3.11. The Kier molecular flexibility index (Phi) is 4.77. The minimum absolute atomic E-state index is 0.122. The number of carbonyl (C=O) groups excluding carboxylic acids is 1. The van der Waals surface area contributed by atoms with E-state index in [2.05, 4.69) is 15.5 Å². The minimum atomic E-state index is -0.469. The van der Waals surface area contributed by atoms with Crippen LogP contribution in [0.25, 0.3) is 11.5 Å². The Morgan fingerprint density at radius 3 is 2.71 bits per heavy atom. The summed E-state index contributed by atoms with van der Waals surface area (Å²) < 4.78 is 10.7. The van der Waals surface area contributed by atoms with E-state index in [4.69, 9.17) is 20.8 Å². The van der Waals surface area contributed by atoms with Crippen molar-refractivity contribution in [1.29, 1.82) is 0 Å². The van der Waals surface area contributed by atoms with Gasteiger partial charge in [-0.2, -0.15) is 0 Å². The van der Waals surface area contributed by atoms with Crippen molar-refractivity contribution in [3.63, 3.8) is 0 Å². The Bertz CT molecular complexity index is 864. The monoisotopic (exact) mass is 343 g/mol. The highest BCUT2D eigenvalue weighted by atomic mass is 35.5. The lowest BCUT2D eigenvalue weighted by atomic mass is 10.2. The van der Waals surface area contributed by atoms with E-state index in [1.807, 2.05) is 30.3 Å². The number of rotatable bonds is 5. The lowest BCUT2D eigenvalue weighted by molar-refractivity contribution is 0.0917. The molecule has 0 aliphatic heterocycles. The van der Waals surface area contributed by atoms with Crippen LogP contribution in [-0.2, 0) is 6.54 Å². The number of hydrogen-bond donors (Lipinski definition) is 1. The van der Waals surface area contributed by atoms with Crippen LogP contribution in [0, 0.1) is 0 Å². The Morgan fingerprint density at radius 2 is 1.92 bits per heavy atom. The molecule has 2 aromatic carbocycles. The van der Waals surface area contributed by atoms with Crippen LogP contribution in [0.3, 0.4) is 0 Å². The van der Waals surface area contributed by atoms with Crippen molar-refractivity contribution in [3.05, 3.63) is 65.0 Å². The van der Waals surface area contributed by atoms with Crippen molar-refractivity contribution in [3.8, 4) is 17.2 Å². The van der Waals surface area contributed by atoms with Gasteiger partial charge in [0.2, 0.25) is 0 Å². The molecule has 1 heterocycles. The van der Waals surface area contributed by atoms with Gasteiger partial charge in [0, 0.05) is 11.6 Å². The molecule has 0 radical (unpaired) electrons. The highest BCUT2D eigenvalue weighted by Gasteiger charge is 2.18. The zero-order valence-corrected chi connectivity index (χ0v) is 13.6. The molecule has 0 bridgehead atoms. The lowest BCUT2D eigenvalue weighted by Crippen LogP contribution is -2.23. The number of carbonyl (C=O) groups is 1. The topological polar surface area (TPSA) is 77.2 Å². The molecule has 0 saturated heterocycles. The van der Waals surface area contributed by atoms with Gasteiger partial charge in [0.1, 0.15) is 5.75 Å². The van der Waals surface area contributed by atoms with Gasteiger partial charge in [-0.15, -0.1) is 10.2 Å². The number of nitrogens with one attached hydrogen (secondary N) is 1. The maximum atomic E-state index is 12.1. The second kappa shape index (κ2) is 7.14. The average molecular weight is 344 g/mol. The maximum Gasteiger partial charge on any atom is 0.309 e. The number of benzene rings is 2. The molecular weight excluding hydrogens is 330 g/mol. The summed E-state index contributed by atoms with van der Waals surface area (Å²) in [5, 5.41) is 11.0. The summed E-state index contributed by atoms with van der Waals surface area (Å²) in [6, 6.07) is 14.5. The summed E-state index contributed by atoms with van der Waals surface area (Å²) in [6.07, 6.45) is 0. The summed E-state index contributed by atoms with van der Waals surface area (Å²) in [5.74, 6) is 0.214. The predicted octanol–water partition coefficient (Wildman–Crippen LogP) is 3.33. The number of ether oxygens (including phenoxy) is 1. The molecule has 0 aliphatic rings. The zero-order chi connectivity index (χ0) is 16.9. The quantitative estimate of drug-likeness (QED) is 0.768. The van der Waals surface area contributed by atoms with Gasteiger partial charge in [-0.1, -0.05) is 41.9 Å². The van der Waals surface area contributed by atoms with Crippen LogP contribution >= 0.6 is 11.6 Å². The first-order valence-corrected chi connectivity index (χ1v) is 7.55. The van der Waals surface area contributed by atoms with E-state index in [0.29, 0.717) is 16.3 Å². The molecule has 0 fully saturated rings. The first-order chi connectivity index (χ1) is 11.7. The molecule has 3 rings (SSSR count). The Labute approximate surface area is 143 Å². The highest BCUT2D eigenvalue weighted by Crippen LogP contribution is 2.28. The van der Waals surface area contributed by atoms with Crippen LogP contribution in [-0.4, -0.2) is 23.2 Å². The Hall–Kier alpha value is -2.86. The molecule has 1 amide bonds. The molecule has 1 aromatic heterocycles. The van der Waals surface area contributed by atoms with Gasteiger partial charge in [0.15, 0.2) is 0 Å². The SMILES string of the molecule is COc1ccccc1-c1nnc(C(=O)NCc2ccccc2Cl)o1. The zero-order valence-electron chi connectivity index (χ0n) is 12.8. The number of para-hydroxylation sites is 1. The number of nitrogens with zero attached hydrogens (tertiary/aromatic N) is 2. The Balaban J connectivity index is 1.73. The van der Waals surface area contributed by atoms with E-state index >= 15 is 0 Å². The predicted molar refractivity (Wildman–Crippen MR) is 88.9 cm³/mol. The van der Waals surface area contributed by atoms with E-state index in [0.717, 1.165) is 5.56 Å². The van der Waals surface area contributed by atoms with Crippen LogP contribution in [0.2, 0.25) is 5.02 Å². The molecule has 24 heavy (non-hydrogen) atoms. The summed E-state index contributed by atoms with van der Waals surface area (Å²) in [5.41, 5.74) is 1.43. The second-order valence-corrected chi connectivity index (χ2v) is 5.29. The fourth-order valence-corrected chi connectivity index (χ4v) is 2.34. The highest BCUT2D eigenvalue weighted by molar-refractivity contribution is 6.31. The van der Waals surface area contributed by atoms with E-state index in [1.54, 1.807) is 25.3 Å². The second-order valence-electron chi connectivity index (χ2n) is 4.89. The fraction of sp³-hybridized carbons (Fsp3) is 0.118. The van der Waals surface area contributed by atoms with E-state index in [1.165, 1.54) is 0 Å². The van der Waals surface area contributed by atoms with Crippen molar-refractivity contribution in [1.82, 2.24) is 15.5 Å². The van der Waals surface area contributed by atoms with Gasteiger partial charge in [0.05, 0.1) is 12.7 Å². The van der Waals surface area contributed by atoms with Crippen molar-refractivity contribution in [2.75, 3.05) is 7.11 Å². The number of halogens is 1. The molecule has 3 aromatic rings. The molecule has 122 valence electrons. The lowest BCUT2D eigenvalue weighted by Gasteiger charge is -2.04. The first-order valence-electron chi connectivity index (χ1n) is 7.17. The normalized spacial score (nSPS) is 10.4. The number of aromatic nitrogens is 2. The standard InChI is InChI=1S/C17H14ClN3O3/c1-23-14-9-5-3-7-12(14)16-20-21-17(24-16)15(22)19-10-11-6-2-4-8-13(11)18/h2-9H,10H2,1H3,(H,19,22). The van der Waals surface area contributed by atoms with Crippen molar-refractivity contribution >= 4 is 17.5 Å². The largest absolute Gasteiger partial charge is 0.496 e. The van der Waals surface area contributed by atoms with Crippen LogP contribution in [0.1, 0.15) is 16.2 Å². The van der Waals surface area contributed by atoms with Crippen molar-refractivity contribution < 1.29 is 13.9 Å². The summed E-state index contributed by atoms with van der Waals surface area (Å²) in [4.78, 5) is 12.1. The maximum absolute atomic E-state index is 12.1. The van der Waals surface area contributed by atoms with Gasteiger partial charge in [-0.05, 0) is 23.8 Å². The molecule has 0 aliphatic carbocycles. The smallest absolute Gasteiger partial charge is 0.309 e. The summed E-state index contributed by atoms with van der Waals surface area (Å²) in [7, 11) is 1.55. The number of amides is 1. The fourth-order valence-electron chi connectivity index (χ4n) is 2.14. The Morgan fingerprint density at radius 1 is 1.17 bits per heavy atom. The molecule has 0 unspecified atom stereocenters. The van der Waals surface area contributed by atoms with Crippen LogP contribution in [0.5, 0.6) is 5.75 Å². The first kappa shape index (κ1) is 16.0. The third-order valence-corrected chi connectivity index (χ3v) is 3.72. The number of methoxy groups -OCH3 is 1. The molecule has 1 N–H and O–H groups in total. The summed E-state index contributed by atoms with van der Waals surface area (Å²) >= 11 is 6.05. The van der Waals surface area contributed by atoms with E-state index in [-0.39, 0.29) is 18.3 Å². The van der Waals surface area contributed by atoms with E-state index in [9.17, 15) is 4.79 Å². The molecule has 0 spiro atoms. The van der Waals surface area contributed by atoms with Gasteiger partial charge in [0.25, 0.3) is 5.89 Å². The third kappa shape index (κ3) is 3.38. The summed E-state index contributed by atoms with van der Waals surface area (Å²) in [6.45, 7) is 0.269. The molecule has 0 saturated carbocycles.